The van der Waals surface area contributed by atoms with Crippen LogP contribution in [0.3, 0.4) is 0 Å². The summed E-state index contributed by atoms with van der Waals surface area (Å²) in [5.41, 5.74) is 2.14. The molecular formula is C30H24BrN3O5S. The van der Waals surface area contributed by atoms with Gasteiger partial charge in [-0.2, -0.15) is 5.26 Å². The molecule has 1 aliphatic rings. The zero-order valence-electron chi connectivity index (χ0n) is 22.1. The second-order valence-electron chi connectivity index (χ2n) is 9.28. The van der Waals surface area contributed by atoms with Crippen molar-refractivity contribution in [1.29, 1.82) is 5.26 Å². The van der Waals surface area contributed by atoms with Gasteiger partial charge in [0.2, 0.25) is 0 Å². The number of benzene rings is 2. The Hall–Kier alpha value is -4.20. The number of nitriles is 1. The van der Waals surface area contributed by atoms with Crippen LogP contribution in [0.25, 0.3) is 17.4 Å². The van der Waals surface area contributed by atoms with Crippen molar-refractivity contribution in [1.82, 2.24) is 4.57 Å². The summed E-state index contributed by atoms with van der Waals surface area (Å²) in [5, 5.41) is 9.45. The zero-order valence-corrected chi connectivity index (χ0v) is 24.5. The van der Waals surface area contributed by atoms with E-state index in [0.29, 0.717) is 49.0 Å². The average Bonchev–Trinajstić information content (AvgIpc) is 3.51. The molecule has 0 aliphatic carbocycles. The Morgan fingerprint density at radius 3 is 2.73 bits per heavy atom. The minimum atomic E-state index is -0.827. The third-order valence-electron chi connectivity index (χ3n) is 6.28. The second kappa shape index (κ2) is 11.1. The maximum absolute atomic E-state index is 13.9. The molecule has 0 saturated carbocycles. The third-order valence-corrected chi connectivity index (χ3v) is 7.76. The first kappa shape index (κ1) is 27.4. The summed E-state index contributed by atoms with van der Waals surface area (Å²) in [4.78, 5) is 32.3. The Morgan fingerprint density at radius 2 is 2.00 bits per heavy atom. The Labute approximate surface area is 242 Å². The van der Waals surface area contributed by atoms with Gasteiger partial charge >= 0.3 is 5.97 Å². The number of hydrogen-bond donors (Lipinski definition) is 0. The molecule has 4 aromatic rings. The first-order valence-electron chi connectivity index (χ1n) is 12.4. The molecule has 10 heteroatoms. The molecule has 8 nitrogen and oxygen atoms in total. The van der Waals surface area contributed by atoms with E-state index in [1.165, 1.54) is 23.0 Å². The van der Waals surface area contributed by atoms with Crippen molar-refractivity contribution in [3.8, 4) is 23.1 Å². The van der Waals surface area contributed by atoms with Gasteiger partial charge in [-0.15, -0.1) is 0 Å². The fourth-order valence-electron chi connectivity index (χ4n) is 4.57. The molecule has 0 unspecified atom stereocenters. The topological polar surface area (TPSA) is 107 Å². The molecule has 0 N–H and O–H groups in total. The lowest BCUT2D eigenvalue weighted by Crippen LogP contribution is -2.40. The van der Waals surface area contributed by atoms with Gasteiger partial charge in [0.15, 0.2) is 4.80 Å². The Morgan fingerprint density at radius 1 is 1.23 bits per heavy atom. The molecule has 0 fully saturated rings. The lowest BCUT2D eigenvalue weighted by atomic mass is 9.95. The number of furan rings is 1. The third kappa shape index (κ3) is 5.06. The SMILES string of the molecule is COc1ccc(Br)cc1[C@H]1C(C(=O)OC(C)C)=C(C)N=c2s/c(=C\c3ccc(-c4ccccc4C#N)o3)c(=O)n21. The van der Waals surface area contributed by atoms with Crippen LogP contribution in [0, 0.1) is 11.3 Å². The summed E-state index contributed by atoms with van der Waals surface area (Å²) in [7, 11) is 1.54. The second-order valence-corrected chi connectivity index (χ2v) is 11.2. The van der Waals surface area contributed by atoms with Crippen molar-refractivity contribution in [3.05, 3.63) is 107 Å². The van der Waals surface area contributed by atoms with Crippen LogP contribution in [0.1, 0.15) is 43.7 Å². The molecule has 1 aliphatic heterocycles. The van der Waals surface area contributed by atoms with Gasteiger partial charge < -0.3 is 13.9 Å². The van der Waals surface area contributed by atoms with E-state index >= 15 is 0 Å². The molecule has 2 aromatic heterocycles. The number of fused-ring (bicyclic) bond motifs is 1. The van der Waals surface area contributed by atoms with Crippen molar-refractivity contribution in [2.45, 2.75) is 32.9 Å². The van der Waals surface area contributed by atoms with Crippen molar-refractivity contribution in [2.75, 3.05) is 7.11 Å². The summed E-state index contributed by atoms with van der Waals surface area (Å²) in [6.07, 6.45) is 1.28. The van der Waals surface area contributed by atoms with E-state index in [9.17, 15) is 14.9 Å². The predicted molar refractivity (Wildman–Crippen MR) is 155 cm³/mol. The summed E-state index contributed by atoms with van der Waals surface area (Å²) in [6.45, 7) is 5.27. The van der Waals surface area contributed by atoms with E-state index in [-0.39, 0.29) is 17.2 Å². The van der Waals surface area contributed by atoms with Gasteiger partial charge in [-0.25, -0.2) is 9.79 Å². The van der Waals surface area contributed by atoms with Gasteiger partial charge in [0.05, 0.1) is 40.6 Å². The molecule has 40 heavy (non-hydrogen) atoms. The lowest BCUT2D eigenvalue weighted by molar-refractivity contribution is -0.143. The molecule has 0 spiro atoms. The van der Waals surface area contributed by atoms with E-state index in [2.05, 4.69) is 27.0 Å². The molecule has 0 bridgehead atoms. The fraction of sp³-hybridized carbons (Fsp3) is 0.200. The average molecular weight is 619 g/mol. The highest BCUT2D eigenvalue weighted by Gasteiger charge is 2.35. The van der Waals surface area contributed by atoms with Crippen LogP contribution in [0.4, 0.5) is 0 Å². The van der Waals surface area contributed by atoms with E-state index in [1.807, 2.05) is 18.2 Å². The van der Waals surface area contributed by atoms with Crippen LogP contribution < -0.4 is 19.6 Å². The summed E-state index contributed by atoms with van der Waals surface area (Å²) < 4.78 is 19.8. The van der Waals surface area contributed by atoms with Gasteiger partial charge in [0.1, 0.15) is 23.3 Å². The van der Waals surface area contributed by atoms with Crippen molar-refractivity contribution in [3.63, 3.8) is 0 Å². The quantitative estimate of drug-likeness (QED) is 0.279. The number of nitrogens with zero attached hydrogens (tertiary/aromatic N) is 3. The fourth-order valence-corrected chi connectivity index (χ4v) is 5.98. The molecule has 0 radical (unpaired) electrons. The van der Waals surface area contributed by atoms with Crippen molar-refractivity contribution < 1.29 is 18.7 Å². The van der Waals surface area contributed by atoms with Crippen LogP contribution in [0.5, 0.6) is 5.75 Å². The number of esters is 1. The number of hydrogen-bond acceptors (Lipinski definition) is 8. The maximum atomic E-state index is 13.9. The van der Waals surface area contributed by atoms with Crippen LogP contribution in [0.15, 0.2) is 84.5 Å². The van der Waals surface area contributed by atoms with Gasteiger partial charge in [-0.3, -0.25) is 9.36 Å². The Kier molecular flexibility index (Phi) is 7.61. The summed E-state index contributed by atoms with van der Waals surface area (Å²) in [6, 6.07) is 17.4. The largest absolute Gasteiger partial charge is 0.496 e. The first-order chi connectivity index (χ1) is 19.2. The highest BCUT2D eigenvalue weighted by Crippen LogP contribution is 2.37. The number of thiazole rings is 1. The number of carbonyl (C=O) groups excluding carboxylic acids is 1. The zero-order chi connectivity index (χ0) is 28.6. The normalized spacial score (nSPS) is 15.0. The molecule has 0 saturated heterocycles. The molecule has 3 heterocycles. The minimum absolute atomic E-state index is 0.262. The summed E-state index contributed by atoms with van der Waals surface area (Å²) >= 11 is 4.70. The monoisotopic (exact) mass is 617 g/mol. The number of rotatable bonds is 6. The molecule has 2 aromatic carbocycles. The number of allylic oxidation sites excluding steroid dienone is 1. The summed E-state index contributed by atoms with van der Waals surface area (Å²) in [5.74, 6) is 0.922. The number of aromatic nitrogens is 1. The van der Waals surface area contributed by atoms with Gasteiger partial charge in [-0.05, 0) is 63.2 Å². The number of carbonyl (C=O) groups is 1. The highest BCUT2D eigenvalue weighted by molar-refractivity contribution is 9.10. The maximum Gasteiger partial charge on any atom is 0.338 e. The molecule has 5 rings (SSSR count). The predicted octanol–water partition coefficient (Wildman–Crippen LogP) is 5.09. The van der Waals surface area contributed by atoms with Gasteiger partial charge in [0.25, 0.3) is 5.56 Å². The van der Waals surface area contributed by atoms with Gasteiger partial charge in [-0.1, -0.05) is 39.4 Å². The standard InChI is InChI=1S/C30H24BrN3O5S/c1-16(2)38-29(36)26-17(3)33-30-34(27(26)22-13-19(31)9-11-23(22)37-4)28(35)25(40-30)14-20-10-12-24(39-20)21-8-6-5-7-18(21)15-32/h5-14,16,27H,1-4H3/b25-14-/t27-/m0/s1. The molecule has 0 amide bonds. The lowest BCUT2D eigenvalue weighted by Gasteiger charge is -2.26. The molecule has 202 valence electrons. The van der Waals surface area contributed by atoms with Crippen LogP contribution >= 0.6 is 27.3 Å². The highest BCUT2D eigenvalue weighted by atomic mass is 79.9. The molecular weight excluding hydrogens is 594 g/mol. The first-order valence-corrected chi connectivity index (χ1v) is 14.0. The number of methoxy groups -OCH3 is 1. The van der Waals surface area contributed by atoms with Crippen LogP contribution in [-0.2, 0) is 9.53 Å². The van der Waals surface area contributed by atoms with Crippen molar-refractivity contribution >= 4 is 39.3 Å². The minimum Gasteiger partial charge on any atom is -0.496 e. The van der Waals surface area contributed by atoms with Crippen LogP contribution in [-0.4, -0.2) is 23.8 Å². The van der Waals surface area contributed by atoms with E-state index in [1.54, 1.807) is 63.2 Å². The van der Waals surface area contributed by atoms with E-state index in [4.69, 9.17) is 13.9 Å². The van der Waals surface area contributed by atoms with Crippen LogP contribution in [0.2, 0.25) is 0 Å². The number of halogens is 1. The Bertz CT molecular complexity index is 1890. The smallest absolute Gasteiger partial charge is 0.338 e. The van der Waals surface area contributed by atoms with E-state index < -0.39 is 12.0 Å². The number of ether oxygens (including phenoxy) is 2. The van der Waals surface area contributed by atoms with E-state index in [0.717, 1.165) is 4.47 Å². The van der Waals surface area contributed by atoms with Crippen molar-refractivity contribution in [2.24, 2.45) is 4.99 Å². The van der Waals surface area contributed by atoms with Gasteiger partial charge in [0, 0.05) is 21.7 Å². The molecule has 1 atom stereocenters. The Balaban J connectivity index is 1.69.